The Labute approximate surface area is 106 Å². The molecular weight excluding hydrogens is 228 g/mol. The highest BCUT2D eigenvalue weighted by molar-refractivity contribution is 5.98. The average Bonchev–Trinajstić information content (AvgIpc) is 2.85. The summed E-state index contributed by atoms with van der Waals surface area (Å²) in [6, 6.07) is 9.46. The monoisotopic (exact) mass is 244 g/mol. The van der Waals surface area contributed by atoms with Gasteiger partial charge in [0.1, 0.15) is 19.0 Å². The van der Waals surface area contributed by atoms with Crippen molar-refractivity contribution in [2.24, 2.45) is 0 Å². The summed E-state index contributed by atoms with van der Waals surface area (Å²) in [6.45, 7) is 4.30. The minimum absolute atomic E-state index is 0.00255. The fourth-order valence-corrected chi connectivity index (χ4v) is 1.75. The first kappa shape index (κ1) is 12.6. The van der Waals surface area contributed by atoms with Gasteiger partial charge in [0.15, 0.2) is 5.78 Å². The molecule has 0 aliphatic rings. The van der Waals surface area contributed by atoms with E-state index in [0.29, 0.717) is 6.61 Å². The molecule has 3 heteroatoms. The van der Waals surface area contributed by atoms with Crippen LogP contribution in [0.3, 0.4) is 0 Å². The molecule has 0 atom stereocenters. The van der Waals surface area contributed by atoms with Gasteiger partial charge in [-0.05, 0) is 37.6 Å². The molecule has 1 heterocycles. The van der Waals surface area contributed by atoms with Crippen LogP contribution in [-0.2, 0) is 11.3 Å². The molecule has 2 rings (SSSR count). The summed E-state index contributed by atoms with van der Waals surface area (Å²) < 4.78 is 10.5. The van der Waals surface area contributed by atoms with Crippen molar-refractivity contribution in [3.05, 3.63) is 59.0 Å². The lowest BCUT2D eigenvalue weighted by Crippen LogP contribution is -2.10. The van der Waals surface area contributed by atoms with Gasteiger partial charge >= 0.3 is 0 Å². The predicted octanol–water partition coefficient (Wildman–Crippen LogP) is 3.30. The average molecular weight is 244 g/mol. The quantitative estimate of drug-likeness (QED) is 0.757. The molecule has 0 spiro atoms. The van der Waals surface area contributed by atoms with E-state index in [2.05, 4.69) is 0 Å². The minimum Gasteiger partial charge on any atom is -0.467 e. The number of Topliss-reactive ketones (excluding diaryl/α,β-unsaturated/α-hetero) is 1. The standard InChI is InChI=1S/C15H16O3/c1-11-5-6-12(2)14(8-11)15(16)10-17-9-13-4-3-7-18-13/h3-8H,9-10H2,1-2H3. The van der Waals surface area contributed by atoms with E-state index < -0.39 is 0 Å². The second kappa shape index (κ2) is 5.65. The van der Waals surface area contributed by atoms with Crippen molar-refractivity contribution in [1.29, 1.82) is 0 Å². The van der Waals surface area contributed by atoms with Crippen molar-refractivity contribution in [2.45, 2.75) is 20.5 Å². The van der Waals surface area contributed by atoms with Gasteiger partial charge < -0.3 is 9.15 Å². The van der Waals surface area contributed by atoms with Crippen molar-refractivity contribution >= 4 is 5.78 Å². The van der Waals surface area contributed by atoms with E-state index >= 15 is 0 Å². The summed E-state index contributed by atoms with van der Waals surface area (Å²) in [6.07, 6.45) is 1.59. The van der Waals surface area contributed by atoms with Crippen LogP contribution in [0.5, 0.6) is 0 Å². The zero-order valence-corrected chi connectivity index (χ0v) is 10.6. The van der Waals surface area contributed by atoms with E-state index in [4.69, 9.17) is 9.15 Å². The molecule has 0 unspecified atom stereocenters. The second-order valence-corrected chi connectivity index (χ2v) is 4.31. The van der Waals surface area contributed by atoms with E-state index in [1.807, 2.05) is 38.1 Å². The third kappa shape index (κ3) is 3.08. The summed E-state index contributed by atoms with van der Waals surface area (Å²) in [5.41, 5.74) is 2.79. The van der Waals surface area contributed by atoms with Crippen molar-refractivity contribution in [3.8, 4) is 0 Å². The third-order valence-corrected chi connectivity index (χ3v) is 2.75. The van der Waals surface area contributed by atoms with Crippen LogP contribution in [0.1, 0.15) is 27.2 Å². The molecule has 1 aromatic heterocycles. The van der Waals surface area contributed by atoms with Gasteiger partial charge in [-0.1, -0.05) is 17.7 Å². The van der Waals surface area contributed by atoms with Gasteiger partial charge in [0.25, 0.3) is 0 Å². The van der Waals surface area contributed by atoms with Crippen molar-refractivity contribution in [3.63, 3.8) is 0 Å². The summed E-state index contributed by atoms with van der Waals surface area (Å²) >= 11 is 0. The molecule has 0 bridgehead atoms. The number of rotatable bonds is 5. The zero-order valence-electron chi connectivity index (χ0n) is 10.6. The fraction of sp³-hybridized carbons (Fsp3) is 0.267. The Balaban J connectivity index is 1.93. The van der Waals surface area contributed by atoms with E-state index in [1.165, 1.54) is 0 Å². The van der Waals surface area contributed by atoms with E-state index in [0.717, 1.165) is 22.5 Å². The maximum atomic E-state index is 12.0. The molecule has 0 aliphatic carbocycles. The van der Waals surface area contributed by atoms with Crippen molar-refractivity contribution in [1.82, 2.24) is 0 Å². The molecule has 1 aromatic carbocycles. The molecule has 3 nitrogen and oxygen atoms in total. The Kier molecular flexibility index (Phi) is 3.95. The Bertz CT molecular complexity index is 527. The minimum atomic E-state index is 0.00255. The van der Waals surface area contributed by atoms with Crippen LogP contribution in [0, 0.1) is 13.8 Å². The molecule has 0 saturated carbocycles. The number of hydrogen-bond acceptors (Lipinski definition) is 3. The van der Waals surface area contributed by atoms with Gasteiger partial charge in [0, 0.05) is 5.56 Å². The van der Waals surface area contributed by atoms with Gasteiger partial charge in [-0.25, -0.2) is 0 Å². The molecule has 2 aromatic rings. The Morgan fingerprint density at radius 3 is 2.83 bits per heavy atom. The number of ether oxygens (including phenoxy) is 1. The van der Waals surface area contributed by atoms with E-state index in [1.54, 1.807) is 12.3 Å². The first-order chi connectivity index (χ1) is 8.66. The number of aryl methyl sites for hydroxylation is 2. The van der Waals surface area contributed by atoms with Crippen LogP contribution >= 0.6 is 0 Å². The molecule has 0 N–H and O–H groups in total. The normalized spacial score (nSPS) is 10.6. The smallest absolute Gasteiger partial charge is 0.188 e. The van der Waals surface area contributed by atoms with Crippen LogP contribution in [0.2, 0.25) is 0 Å². The van der Waals surface area contributed by atoms with E-state index in [9.17, 15) is 4.79 Å². The summed E-state index contributed by atoms with van der Waals surface area (Å²) in [4.78, 5) is 12.0. The Morgan fingerprint density at radius 1 is 1.28 bits per heavy atom. The number of hydrogen-bond donors (Lipinski definition) is 0. The molecule has 0 fully saturated rings. The number of carbonyl (C=O) groups excluding carboxylic acids is 1. The maximum Gasteiger partial charge on any atom is 0.188 e. The first-order valence-electron chi connectivity index (χ1n) is 5.87. The van der Waals surface area contributed by atoms with Gasteiger partial charge in [-0.3, -0.25) is 4.79 Å². The van der Waals surface area contributed by atoms with Gasteiger partial charge in [-0.15, -0.1) is 0 Å². The van der Waals surface area contributed by atoms with Gasteiger partial charge in [-0.2, -0.15) is 0 Å². The topological polar surface area (TPSA) is 39.4 Å². The van der Waals surface area contributed by atoms with Crippen molar-refractivity contribution < 1.29 is 13.9 Å². The highest BCUT2D eigenvalue weighted by atomic mass is 16.5. The largest absolute Gasteiger partial charge is 0.467 e. The van der Waals surface area contributed by atoms with Crippen LogP contribution in [0.15, 0.2) is 41.0 Å². The second-order valence-electron chi connectivity index (χ2n) is 4.31. The molecule has 18 heavy (non-hydrogen) atoms. The highest BCUT2D eigenvalue weighted by Crippen LogP contribution is 2.12. The van der Waals surface area contributed by atoms with Crippen LogP contribution in [0.4, 0.5) is 0 Å². The van der Waals surface area contributed by atoms with E-state index in [-0.39, 0.29) is 12.4 Å². The lowest BCUT2D eigenvalue weighted by molar-refractivity contribution is 0.0690. The molecular formula is C15H16O3. The Hall–Kier alpha value is -1.87. The number of benzene rings is 1. The lowest BCUT2D eigenvalue weighted by Gasteiger charge is -2.06. The summed E-state index contributed by atoms with van der Waals surface area (Å²) in [5, 5.41) is 0. The summed E-state index contributed by atoms with van der Waals surface area (Å²) in [5.74, 6) is 0.728. The number of furan rings is 1. The number of carbonyl (C=O) groups is 1. The predicted molar refractivity (Wildman–Crippen MR) is 68.6 cm³/mol. The zero-order chi connectivity index (χ0) is 13.0. The highest BCUT2D eigenvalue weighted by Gasteiger charge is 2.09. The number of ketones is 1. The molecule has 94 valence electrons. The molecule has 0 saturated heterocycles. The third-order valence-electron chi connectivity index (χ3n) is 2.75. The van der Waals surface area contributed by atoms with Gasteiger partial charge in [0.2, 0.25) is 0 Å². The molecule has 0 amide bonds. The van der Waals surface area contributed by atoms with Crippen molar-refractivity contribution in [2.75, 3.05) is 6.61 Å². The van der Waals surface area contributed by atoms with Gasteiger partial charge in [0.05, 0.1) is 6.26 Å². The lowest BCUT2D eigenvalue weighted by atomic mass is 10.0. The maximum absolute atomic E-state index is 12.0. The SMILES string of the molecule is Cc1ccc(C)c(C(=O)COCc2ccco2)c1. The van der Waals surface area contributed by atoms with Crippen LogP contribution in [0.25, 0.3) is 0 Å². The fourth-order valence-electron chi connectivity index (χ4n) is 1.75. The molecule has 0 aliphatic heterocycles. The van der Waals surface area contributed by atoms with Crippen LogP contribution in [-0.4, -0.2) is 12.4 Å². The van der Waals surface area contributed by atoms with Crippen LogP contribution < -0.4 is 0 Å². The first-order valence-corrected chi connectivity index (χ1v) is 5.87. The Morgan fingerprint density at radius 2 is 2.11 bits per heavy atom. The summed E-state index contributed by atoms with van der Waals surface area (Å²) in [7, 11) is 0. The molecule has 0 radical (unpaired) electrons.